The van der Waals surface area contributed by atoms with Gasteiger partial charge >= 0.3 is 12.2 Å². The molecule has 0 bridgehead atoms. The number of pyridine rings is 2. The lowest BCUT2D eigenvalue weighted by atomic mass is 9.95. The number of likely N-dealkylation sites (N-methyl/N-ethyl adjacent to an activating group) is 1. The first-order valence-corrected chi connectivity index (χ1v) is 14.6. The van der Waals surface area contributed by atoms with Crippen LogP contribution in [0.25, 0.3) is 22.3 Å². The molecular formula is C30H34F4N8O2. The molecule has 0 aliphatic carbocycles. The summed E-state index contributed by atoms with van der Waals surface area (Å²) in [7, 11) is 1.77. The minimum atomic E-state index is -4.83. The zero-order valence-electron chi connectivity index (χ0n) is 24.6. The first-order valence-electron chi connectivity index (χ1n) is 14.6. The lowest BCUT2D eigenvalue weighted by Gasteiger charge is -2.31. The third-order valence-corrected chi connectivity index (χ3v) is 9.20. The van der Waals surface area contributed by atoms with E-state index in [1.165, 1.54) is 19.2 Å². The van der Waals surface area contributed by atoms with Crippen molar-refractivity contribution in [2.75, 3.05) is 50.5 Å². The Balaban J connectivity index is 1.46. The van der Waals surface area contributed by atoms with E-state index in [-0.39, 0.29) is 45.8 Å². The minimum absolute atomic E-state index is 0.0895. The first kappa shape index (κ1) is 30.0. The van der Waals surface area contributed by atoms with Crippen molar-refractivity contribution < 1.29 is 27.1 Å². The van der Waals surface area contributed by atoms with Crippen LogP contribution in [-0.4, -0.2) is 87.1 Å². The third-order valence-electron chi connectivity index (χ3n) is 9.20. The van der Waals surface area contributed by atoms with E-state index in [4.69, 9.17) is 10.5 Å². The number of aromatic nitrogens is 4. The summed E-state index contributed by atoms with van der Waals surface area (Å²) in [5.74, 6) is -1.20. The van der Waals surface area contributed by atoms with Crippen LogP contribution < -0.4 is 15.4 Å². The number of alkyl halides is 3. The molecule has 0 unspecified atom stereocenters. The number of halogens is 4. The maximum absolute atomic E-state index is 16.4. The topological polar surface area (TPSA) is 114 Å². The summed E-state index contributed by atoms with van der Waals surface area (Å²) in [5.41, 5.74) is 2.73. The zero-order chi connectivity index (χ0) is 31.4. The Morgan fingerprint density at radius 1 is 1.20 bits per heavy atom. The number of aryl methyl sites for hydroxylation is 1. The number of hydrogen-bond donors (Lipinski definition) is 1. The average molecular weight is 615 g/mol. The van der Waals surface area contributed by atoms with E-state index in [1.54, 1.807) is 11.9 Å². The molecule has 3 saturated heterocycles. The second-order valence-corrected chi connectivity index (χ2v) is 11.8. The maximum Gasteiger partial charge on any atom is 0.418 e. The van der Waals surface area contributed by atoms with Crippen LogP contribution >= 0.6 is 0 Å². The van der Waals surface area contributed by atoms with Crippen molar-refractivity contribution in [3.8, 4) is 17.4 Å². The lowest BCUT2D eigenvalue weighted by Crippen LogP contribution is -2.43. The number of amides is 1. The minimum Gasteiger partial charge on any atom is -0.461 e. The summed E-state index contributed by atoms with van der Waals surface area (Å²) in [4.78, 5) is 35.1. The number of anilines is 2. The number of carbonyl (C=O) groups excluding carboxylic acids is 1. The number of fused-ring (bicyclic) bond motifs is 2. The van der Waals surface area contributed by atoms with Gasteiger partial charge in [-0.3, -0.25) is 14.7 Å². The normalized spacial score (nSPS) is 19.9. The van der Waals surface area contributed by atoms with Crippen molar-refractivity contribution in [2.24, 2.45) is 0 Å². The molecule has 0 saturated carbocycles. The standard InChI is InChI=1S/C30H34F4N8O2/c1-4-21(43)41-12-7-18(15-41)40(3)27-19-14-36-26(25-22(30(32,33)34)17(2)13-20(35)37-25)23(31)24(19)38-28(39-27)44-16-29-8-5-10-42(29)11-6-9-29/h4,13-14,18H,1,5-12,15-16H2,2-3H3,(H2,35,37)/t18-/m1/s1. The zero-order valence-corrected chi connectivity index (χ0v) is 24.6. The van der Waals surface area contributed by atoms with Gasteiger partial charge in [0.05, 0.1) is 16.5 Å². The van der Waals surface area contributed by atoms with Crippen molar-refractivity contribution >= 4 is 28.4 Å². The van der Waals surface area contributed by atoms with Gasteiger partial charge in [-0.15, -0.1) is 0 Å². The second kappa shape index (κ2) is 11.1. The fourth-order valence-electron chi connectivity index (χ4n) is 6.97. The Bertz CT molecular complexity index is 1620. The number of nitrogens with two attached hydrogens (primary N) is 1. The van der Waals surface area contributed by atoms with Crippen LogP contribution in [0.15, 0.2) is 24.9 Å². The van der Waals surface area contributed by atoms with Gasteiger partial charge in [-0.25, -0.2) is 9.37 Å². The first-order chi connectivity index (χ1) is 20.9. The third kappa shape index (κ3) is 5.18. The number of nitrogens with zero attached hydrogens (tertiary/aromatic N) is 7. The molecule has 3 aliphatic heterocycles. The summed E-state index contributed by atoms with van der Waals surface area (Å²) in [6.45, 7) is 7.95. The van der Waals surface area contributed by atoms with Crippen LogP contribution in [0.5, 0.6) is 6.01 Å². The molecule has 3 fully saturated rings. The van der Waals surface area contributed by atoms with E-state index < -0.39 is 28.9 Å². The molecule has 3 aromatic heterocycles. The Kier molecular flexibility index (Phi) is 7.58. The molecule has 3 aromatic rings. The van der Waals surface area contributed by atoms with Crippen LogP contribution in [0.2, 0.25) is 0 Å². The van der Waals surface area contributed by atoms with Crippen LogP contribution in [0.4, 0.5) is 29.2 Å². The van der Waals surface area contributed by atoms with E-state index in [9.17, 15) is 18.0 Å². The van der Waals surface area contributed by atoms with Gasteiger partial charge in [-0.1, -0.05) is 6.58 Å². The predicted molar refractivity (Wildman–Crippen MR) is 157 cm³/mol. The molecule has 0 spiro atoms. The Morgan fingerprint density at radius 3 is 2.61 bits per heavy atom. The highest BCUT2D eigenvalue weighted by atomic mass is 19.4. The van der Waals surface area contributed by atoms with E-state index in [1.807, 2.05) is 4.90 Å². The van der Waals surface area contributed by atoms with Gasteiger partial charge in [0.2, 0.25) is 5.91 Å². The monoisotopic (exact) mass is 614 g/mol. The highest BCUT2D eigenvalue weighted by Gasteiger charge is 2.45. The summed E-state index contributed by atoms with van der Waals surface area (Å²) in [5, 5.41) is 0.185. The van der Waals surface area contributed by atoms with E-state index >= 15 is 4.39 Å². The number of hydrogen-bond acceptors (Lipinski definition) is 9. The average Bonchev–Trinajstić information content (AvgIpc) is 3.71. The summed E-state index contributed by atoms with van der Waals surface area (Å²) < 4.78 is 65.0. The Hall–Kier alpha value is -4.07. The molecule has 2 N–H and O–H groups in total. The van der Waals surface area contributed by atoms with Gasteiger partial charge in [0.15, 0.2) is 5.82 Å². The molecular weight excluding hydrogens is 580 g/mol. The molecule has 10 nitrogen and oxygen atoms in total. The van der Waals surface area contributed by atoms with Crippen molar-refractivity contribution in [3.63, 3.8) is 0 Å². The second-order valence-electron chi connectivity index (χ2n) is 11.8. The van der Waals surface area contributed by atoms with Gasteiger partial charge in [-0.05, 0) is 69.8 Å². The molecule has 44 heavy (non-hydrogen) atoms. The highest BCUT2D eigenvalue weighted by Crippen LogP contribution is 2.42. The fraction of sp³-hybridized carbons (Fsp3) is 0.500. The molecule has 6 rings (SSSR count). The van der Waals surface area contributed by atoms with Crippen LogP contribution in [0, 0.1) is 12.7 Å². The Morgan fingerprint density at radius 2 is 1.93 bits per heavy atom. The van der Waals surface area contributed by atoms with Gasteiger partial charge in [0, 0.05) is 32.4 Å². The SMILES string of the molecule is C=CC(=O)N1CC[C@@H](N(C)c2nc(OCC34CCCN3CCC4)nc3c(F)c(-c4nc(N)cc(C)c4C(F)(F)F)ncc23)C1. The number of rotatable bonds is 7. The molecule has 6 heterocycles. The molecule has 3 aliphatic rings. The molecule has 0 aromatic carbocycles. The lowest BCUT2D eigenvalue weighted by molar-refractivity contribution is -0.137. The quantitative estimate of drug-likeness (QED) is 0.306. The van der Waals surface area contributed by atoms with E-state index in [0.29, 0.717) is 31.9 Å². The number of carbonyl (C=O) groups is 1. The molecule has 1 amide bonds. The Labute approximate surface area is 251 Å². The molecule has 0 radical (unpaired) electrons. The van der Waals surface area contributed by atoms with Crippen LogP contribution in [0.3, 0.4) is 0 Å². The molecule has 14 heteroatoms. The molecule has 234 valence electrons. The molecule has 1 atom stereocenters. The van der Waals surface area contributed by atoms with Crippen molar-refractivity contribution in [3.05, 3.63) is 41.9 Å². The van der Waals surface area contributed by atoms with Crippen molar-refractivity contribution in [2.45, 2.75) is 56.8 Å². The van der Waals surface area contributed by atoms with E-state index in [2.05, 4.69) is 31.4 Å². The maximum atomic E-state index is 16.4. The van der Waals surface area contributed by atoms with Gasteiger partial charge < -0.3 is 20.3 Å². The predicted octanol–water partition coefficient (Wildman–Crippen LogP) is 4.37. The number of nitrogen functional groups attached to an aromatic ring is 1. The summed E-state index contributed by atoms with van der Waals surface area (Å²) >= 11 is 0. The fourth-order valence-corrected chi connectivity index (χ4v) is 6.97. The van der Waals surface area contributed by atoms with Gasteiger partial charge in [0.25, 0.3) is 0 Å². The van der Waals surface area contributed by atoms with Crippen molar-refractivity contribution in [1.82, 2.24) is 29.7 Å². The largest absolute Gasteiger partial charge is 0.461 e. The van der Waals surface area contributed by atoms with Crippen LogP contribution in [0.1, 0.15) is 43.2 Å². The summed E-state index contributed by atoms with van der Waals surface area (Å²) in [6.07, 6.45) is 2.32. The van der Waals surface area contributed by atoms with Gasteiger partial charge in [-0.2, -0.15) is 23.1 Å². The highest BCUT2D eigenvalue weighted by molar-refractivity contribution is 5.92. The number of likely N-dealkylation sites (tertiary alicyclic amines) is 1. The van der Waals surface area contributed by atoms with Gasteiger partial charge in [0.1, 0.15) is 35.1 Å². The van der Waals surface area contributed by atoms with Crippen molar-refractivity contribution in [1.29, 1.82) is 0 Å². The summed E-state index contributed by atoms with van der Waals surface area (Å²) in [6, 6.07) is 0.818. The number of ether oxygens (including phenoxy) is 1. The smallest absolute Gasteiger partial charge is 0.418 e. The van der Waals surface area contributed by atoms with E-state index in [0.717, 1.165) is 44.8 Å². The van der Waals surface area contributed by atoms with Crippen LogP contribution in [-0.2, 0) is 11.0 Å².